The van der Waals surface area contributed by atoms with Crippen molar-refractivity contribution >= 4 is 23.2 Å². The Labute approximate surface area is 78.9 Å². The highest BCUT2D eigenvalue weighted by molar-refractivity contribution is 6.00. The van der Waals surface area contributed by atoms with Gasteiger partial charge in [-0.1, -0.05) is 0 Å². The van der Waals surface area contributed by atoms with Crippen LogP contribution in [0.25, 0.3) is 11.0 Å². The highest BCUT2D eigenvalue weighted by Crippen LogP contribution is 2.14. The summed E-state index contributed by atoms with van der Waals surface area (Å²) in [5.74, 6) is -0.642. The lowest BCUT2D eigenvalue weighted by molar-refractivity contribution is 0.0996. The largest absolute Gasteiger partial charge is 0.364 e. The third kappa shape index (κ3) is 1.15. The molecule has 0 atom stereocenters. The second kappa shape index (κ2) is 2.95. The molecule has 3 N–H and O–H groups in total. The second-order valence-corrected chi connectivity index (χ2v) is 2.82. The van der Waals surface area contributed by atoms with E-state index in [-0.39, 0.29) is 5.69 Å². The minimum Gasteiger partial charge on any atom is -0.364 e. The number of aromatic nitrogens is 2. The predicted molar refractivity (Wildman–Crippen MR) is 50.0 cm³/mol. The molecule has 2 aromatic heterocycles. The molecule has 0 aliphatic carbocycles. The van der Waals surface area contributed by atoms with Crippen LogP contribution in [0.1, 0.15) is 20.8 Å². The number of H-pyrrole nitrogens is 1. The number of nitrogens with one attached hydrogen (secondary N) is 1. The van der Waals surface area contributed by atoms with E-state index in [0.29, 0.717) is 22.9 Å². The van der Waals surface area contributed by atoms with E-state index in [9.17, 15) is 9.59 Å². The maximum Gasteiger partial charge on any atom is 0.267 e. The number of pyridine rings is 1. The van der Waals surface area contributed by atoms with Crippen molar-refractivity contribution in [1.82, 2.24) is 9.97 Å². The SMILES string of the molecule is NC(=O)c1cc(C=O)c2[nH]ccc2n1. The molecule has 1 amide bonds. The first kappa shape index (κ1) is 8.43. The zero-order valence-electron chi connectivity index (χ0n) is 7.15. The number of fused-ring (bicyclic) bond motifs is 1. The van der Waals surface area contributed by atoms with Crippen LogP contribution in [-0.2, 0) is 0 Å². The monoisotopic (exact) mass is 189 g/mol. The van der Waals surface area contributed by atoms with Gasteiger partial charge in [-0.3, -0.25) is 9.59 Å². The van der Waals surface area contributed by atoms with Gasteiger partial charge in [0.15, 0.2) is 6.29 Å². The molecular weight excluding hydrogens is 182 g/mol. The van der Waals surface area contributed by atoms with Crippen molar-refractivity contribution in [2.24, 2.45) is 5.73 Å². The van der Waals surface area contributed by atoms with Crippen molar-refractivity contribution in [2.45, 2.75) is 0 Å². The topological polar surface area (TPSA) is 88.8 Å². The van der Waals surface area contributed by atoms with Crippen LogP contribution in [0.3, 0.4) is 0 Å². The molecule has 14 heavy (non-hydrogen) atoms. The molecule has 0 spiro atoms. The number of aromatic amines is 1. The van der Waals surface area contributed by atoms with Crippen molar-refractivity contribution in [3.8, 4) is 0 Å². The molecule has 0 aromatic carbocycles. The van der Waals surface area contributed by atoms with Crippen LogP contribution in [0, 0.1) is 0 Å². The van der Waals surface area contributed by atoms with Crippen LogP contribution in [0.15, 0.2) is 18.3 Å². The Bertz CT molecular complexity index is 516. The predicted octanol–water partition coefficient (Wildman–Crippen LogP) is 0.474. The minimum absolute atomic E-state index is 0.0965. The second-order valence-electron chi connectivity index (χ2n) is 2.82. The molecule has 2 rings (SSSR count). The number of aldehydes is 1. The number of nitrogens with zero attached hydrogens (tertiary/aromatic N) is 1. The summed E-state index contributed by atoms with van der Waals surface area (Å²) in [4.78, 5) is 28.4. The first-order valence-electron chi connectivity index (χ1n) is 3.95. The van der Waals surface area contributed by atoms with Crippen molar-refractivity contribution in [3.63, 3.8) is 0 Å². The lowest BCUT2D eigenvalue weighted by Gasteiger charge is -1.98. The molecule has 0 aliphatic rings. The van der Waals surface area contributed by atoms with Gasteiger partial charge in [0.1, 0.15) is 5.69 Å². The molecular formula is C9H7N3O2. The van der Waals surface area contributed by atoms with Crippen LogP contribution < -0.4 is 5.73 Å². The summed E-state index contributed by atoms with van der Waals surface area (Å²) < 4.78 is 0. The fourth-order valence-electron chi connectivity index (χ4n) is 1.29. The number of carbonyl (C=O) groups excluding carboxylic acids is 2. The molecule has 0 aliphatic heterocycles. The van der Waals surface area contributed by atoms with Crippen molar-refractivity contribution in [3.05, 3.63) is 29.6 Å². The summed E-state index contributed by atoms with van der Waals surface area (Å²) >= 11 is 0. The van der Waals surface area contributed by atoms with Crippen LogP contribution in [0.2, 0.25) is 0 Å². The van der Waals surface area contributed by atoms with E-state index in [1.165, 1.54) is 6.07 Å². The zero-order valence-corrected chi connectivity index (χ0v) is 7.15. The summed E-state index contributed by atoms with van der Waals surface area (Å²) in [6.45, 7) is 0. The average molecular weight is 189 g/mol. The zero-order chi connectivity index (χ0) is 10.1. The van der Waals surface area contributed by atoms with Crippen LogP contribution in [0.5, 0.6) is 0 Å². The number of amides is 1. The van der Waals surface area contributed by atoms with Crippen molar-refractivity contribution < 1.29 is 9.59 Å². The number of carbonyl (C=O) groups is 2. The quantitative estimate of drug-likeness (QED) is 0.673. The summed E-state index contributed by atoms with van der Waals surface area (Å²) in [7, 11) is 0. The van der Waals surface area contributed by atoms with E-state index in [0.717, 1.165) is 0 Å². The van der Waals surface area contributed by atoms with Gasteiger partial charge in [-0.05, 0) is 12.1 Å². The molecule has 2 heterocycles. The Hall–Kier alpha value is -2.17. The lowest BCUT2D eigenvalue weighted by Crippen LogP contribution is -2.13. The lowest BCUT2D eigenvalue weighted by atomic mass is 10.2. The third-order valence-corrected chi connectivity index (χ3v) is 1.93. The molecule has 70 valence electrons. The van der Waals surface area contributed by atoms with Crippen LogP contribution in [-0.4, -0.2) is 22.2 Å². The van der Waals surface area contributed by atoms with Gasteiger partial charge in [-0.15, -0.1) is 0 Å². The van der Waals surface area contributed by atoms with E-state index in [2.05, 4.69) is 9.97 Å². The first-order chi connectivity index (χ1) is 6.72. The molecule has 0 saturated heterocycles. The van der Waals surface area contributed by atoms with E-state index >= 15 is 0 Å². The summed E-state index contributed by atoms with van der Waals surface area (Å²) in [6.07, 6.45) is 2.31. The maximum absolute atomic E-state index is 10.9. The van der Waals surface area contributed by atoms with Crippen LogP contribution >= 0.6 is 0 Å². The molecule has 0 fully saturated rings. The normalized spacial score (nSPS) is 10.3. The number of rotatable bonds is 2. The molecule has 0 saturated carbocycles. The first-order valence-corrected chi connectivity index (χ1v) is 3.95. The fourth-order valence-corrected chi connectivity index (χ4v) is 1.29. The molecule has 0 unspecified atom stereocenters. The Kier molecular flexibility index (Phi) is 1.78. The number of nitrogens with two attached hydrogens (primary N) is 1. The van der Waals surface area contributed by atoms with Crippen LogP contribution in [0.4, 0.5) is 0 Å². The number of hydrogen-bond donors (Lipinski definition) is 2. The van der Waals surface area contributed by atoms with E-state index in [4.69, 9.17) is 5.73 Å². The van der Waals surface area contributed by atoms with E-state index in [1.54, 1.807) is 12.3 Å². The Balaban J connectivity index is 2.79. The van der Waals surface area contributed by atoms with Gasteiger partial charge in [0, 0.05) is 11.8 Å². The average Bonchev–Trinajstić information content (AvgIpc) is 2.63. The maximum atomic E-state index is 10.9. The summed E-state index contributed by atoms with van der Waals surface area (Å²) in [5, 5.41) is 0. The number of primary amides is 1. The van der Waals surface area contributed by atoms with Gasteiger partial charge in [0.25, 0.3) is 5.91 Å². The Morgan fingerprint density at radius 2 is 2.36 bits per heavy atom. The molecule has 2 aromatic rings. The standard InChI is InChI=1S/C9H7N3O2/c10-9(14)7-3-5(4-13)8-6(12-7)1-2-11-8/h1-4,11H,(H2,10,14). The van der Waals surface area contributed by atoms with E-state index < -0.39 is 5.91 Å². The summed E-state index contributed by atoms with van der Waals surface area (Å²) in [6, 6.07) is 3.04. The molecule has 5 nitrogen and oxygen atoms in total. The molecule has 0 bridgehead atoms. The Morgan fingerprint density at radius 1 is 1.57 bits per heavy atom. The van der Waals surface area contributed by atoms with Crippen molar-refractivity contribution in [1.29, 1.82) is 0 Å². The van der Waals surface area contributed by atoms with Gasteiger partial charge < -0.3 is 10.7 Å². The van der Waals surface area contributed by atoms with Gasteiger partial charge in [-0.2, -0.15) is 0 Å². The smallest absolute Gasteiger partial charge is 0.267 e. The Morgan fingerprint density at radius 3 is 3.00 bits per heavy atom. The van der Waals surface area contributed by atoms with E-state index in [1.807, 2.05) is 0 Å². The molecule has 5 heteroatoms. The summed E-state index contributed by atoms with van der Waals surface area (Å²) in [5.41, 5.74) is 6.72. The van der Waals surface area contributed by atoms with Gasteiger partial charge in [-0.25, -0.2) is 4.98 Å². The van der Waals surface area contributed by atoms with Gasteiger partial charge >= 0.3 is 0 Å². The fraction of sp³-hybridized carbons (Fsp3) is 0. The van der Waals surface area contributed by atoms with Crippen molar-refractivity contribution in [2.75, 3.05) is 0 Å². The highest BCUT2D eigenvalue weighted by atomic mass is 16.1. The minimum atomic E-state index is -0.642. The number of hydrogen-bond acceptors (Lipinski definition) is 3. The van der Waals surface area contributed by atoms with Gasteiger partial charge in [0.2, 0.25) is 0 Å². The molecule has 0 radical (unpaired) electrons. The highest BCUT2D eigenvalue weighted by Gasteiger charge is 2.09. The van der Waals surface area contributed by atoms with Gasteiger partial charge in [0.05, 0.1) is 11.0 Å². The third-order valence-electron chi connectivity index (χ3n) is 1.93.